The van der Waals surface area contributed by atoms with Gasteiger partial charge in [0.05, 0.1) is 36.4 Å². The van der Waals surface area contributed by atoms with Crippen LogP contribution >= 0.6 is 0 Å². The molecule has 0 aromatic carbocycles. The standard InChI is InChI=1S/C28H38O8/c1-13-8-20(35-25(34)16(13)11-29)14(2)17-4-5-18-15-9-23-28(36-23)22(33)7-6-21(32)27(28,12-30)24(15)19(31)10-26(17,18)3/h6-7,14-15,17-20,22-24,29-31,33H,4-5,8-12H2,1-3H3/t14-,15-,17+,18-,19-,20+,22-,23+,24+,26+,27+,28+/m0/s1. The van der Waals surface area contributed by atoms with Gasteiger partial charge in [0.1, 0.15) is 17.8 Å². The summed E-state index contributed by atoms with van der Waals surface area (Å²) in [6.07, 6.45) is 4.04. The van der Waals surface area contributed by atoms with Crippen LogP contribution in [0.15, 0.2) is 23.3 Å². The Morgan fingerprint density at radius 3 is 2.61 bits per heavy atom. The third-order valence-electron chi connectivity index (χ3n) is 11.5. The first kappa shape index (κ1) is 24.7. The van der Waals surface area contributed by atoms with Gasteiger partial charge in [0.15, 0.2) is 5.78 Å². The summed E-state index contributed by atoms with van der Waals surface area (Å²) in [5.41, 5.74) is -1.47. The number of ether oxygens (including phenoxy) is 2. The van der Waals surface area contributed by atoms with Crippen molar-refractivity contribution in [3.63, 3.8) is 0 Å². The Bertz CT molecular complexity index is 1050. The molecule has 1 saturated heterocycles. The van der Waals surface area contributed by atoms with E-state index in [2.05, 4.69) is 13.8 Å². The Morgan fingerprint density at radius 1 is 1.19 bits per heavy atom. The number of esters is 1. The van der Waals surface area contributed by atoms with E-state index < -0.39 is 41.7 Å². The highest BCUT2D eigenvalue weighted by molar-refractivity contribution is 5.98. The molecular weight excluding hydrogens is 464 g/mol. The first-order valence-corrected chi connectivity index (χ1v) is 13.4. The third-order valence-corrected chi connectivity index (χ3v) is 11.5. The first-order chi connectivity index (χ1) is 17.1. The second kappa shape index (κ2) is 7.96. The number of carbonyl (C=O) groups is 2. The molecule has 0 aromatic rings. The van der Waals surface area contributed by atoms with E-state index in [0.29, 0.717) is 24.8 Å². The lowest BCUT2D eigenvalue weighted by molar-refractivity contribution is -0.189. The highest BCUT2D eigenvalue weighted by Gasteiger charge is 2.83. The predicted molar refractivity (Wildman–Crippen MR) is 127 cm³/mol. The number of ketones is 1. The largest absolute Gasteiger partial charge is 0.458 e. The van der Waals surface area contributed by atoms with Crippen LogP contribution in [0.3, 0.4) is 0 Å². The number of epoxide rings is 1. The van der Waals surface area contributed by atoms with Crippen molar-refractivity contribution < 1.29 is 39.5 Å². The van der Waals surface area contributed by atoms with Crippen molar-refractivity contribution in [1.29, 1.82) is 0 Å². The van der Waals surface area contributed by atoms with Gasteiger partial charge in [-0.1, -0.05) is 19.4 Å². The minimum atomic E-state index is -1.33. The fourth-order valence-electron chi connectivity index (χ4n) is 9.86. The number of fused-ring (bicyclic) bond motifs is 4. The van der Waals surface area contributed by atoms with Crippen molar-refractivity contribution in [3.05, 3.63) is 23.3 Å². The summed E-state index contributed by atoms with van der Waals surface area (Å²) < 4.78 is 11.9. The molecule has 12 atom stereocenters. The van der Waals surface area contributed by atoms with E-state index in [4.69, 9.17) is 9.47 Å². The number of aliphatic hydroxyl groups excluding tert-OH is 4. The number of carbonyl (C=O) groups excluding carboxylic acids is 2. The van der Waals surface area contributed by atoms with Gasteiger partial charge in [0.2, 0.25) is 0 Å². The molecule has 3 saturated carbocycles. The van der Waals surface area contributed by atoms with Gasteiger partial charge in [-0.2, -0.15) is 0 Å². The monoisotopic (exact) mass is 502 g/mol. The topological polar surface area (TPSA) is 137 Å². The summed E-state index contributed by atoms with van der Waals surface area (Å²) in [7, 11) is 0. The lowest BCUT2D eigenvalue weighted by atomic mass is 9.43. The Hall–Kier alpha value is -1.58. The molecule has 2 heterocycles. The maximum atomic E-state index is 13.4. The van der Waals surface area contributed by atoms with Crippen LogP contribution < -0.4 is 0 Å². The molecule has 2 aliphatic heterocycles. The van der Waals surface area contributed by atoms with Gasteiger partial charge in [-0.15, -0.1) is 0 Å². The molecule has 4 fully saturated rings. The van der Waals surface area contributed by atoms with Gasteiger partial charge >= 0.3 is 5.97 Å². The quantitative estimate of drug-likeness (QED) is 0.334. The predicted octanol–water partition coefficient (Wildman–Crippen LogP) is 1.30. The summed E-state index contributed by atoms with van der Waals surface area (Å²) in [5, 5.41) is 42.8. The number of allylic oxidation sites excluding steroid dienone is 1. The normalized spacial score (nSPS) is 52.2. The Morgan fingerprint density at radius 2 is 1.94 bits per heavy atom. The second-order valence-electron chi connectivity index (χ2n) is 12.6. The molecule has 198 valence electrons. The van der Waals surface area contributed by atoms with Crippen molar-refractivity contribution >= 4 is 11.8 Å². The van der Waals surface area contributed by atoms with E-state index in [1.54, 1.807) is 0 Å². The van der Waals surface area contributed by atoms with Crippen LogP contribution in [0.2, 0.25) is 0 Å². The van der Waals surface area contributed by atoms with Gasteiger partial charge in [-0.05, 0) is 73.8 Å². The van der Waals surface area contributed by atoms with Crippen LogP contribution in [0.4, 0.5) is 0 Å². The minimum Gasteiger partial charge on any atom is -0.458 e. The highest BCUT2D eigenvalue weighted by Crippen LogP contribution is 2.73. The summed E-state index contributed by atoms with van der Waals surface area (Å²) >= 11 is 0. The van der Waals surface area contributed by atoms with Crippen molar-refractivity contribution in [1.82, 2.24) is 0 Å². The number of hydrogen-bond acceptors (Lipinski definition) is 8. The van der Waals surface area contributed by atoms with Crippen molar-refractivity contribution in [3.8, 4) is 0 Å². The van der Waals surface area contributed by atoms with E-state index >= 15 is 0 Å². The molecule has 0 bridgehead atoms. The fourth-order valence-corrected chi connectivity index (χ4v) is 9.86. The second-order valence-corrected chi connectivity index (χ2v) is 12.6. The van der Waals surface area contributed by atoms with Gasteiger partial charge < -0.3 is 29.9 Å². The average molecular weight is 503 g/mol. The fraction of sp³-hybridized carbons (Fsp3) is 0.786. The smallest absolute Gasteiger partial charge is 0.336 e. The lowest BCUT2D eigenvalue weighted by Gasteiger charge is -2.60. The molecule has 0 aromatic heterocycles. The molecule has 4 N–H and O–H groups in total. The van der Waals surface area contributed by atoms with Crippen molar-refractivity contribution in [2.75, 3.05) is 13.2 Å². The first-order valence-electron chi connectivity index (χ1n) is 13.4. The summed E-state index contributed by atoms with van der Waals surface area (Å²) in [4.78, 5) is 25.9. The molecule has 1 spiro atoms. The summed E-state index contributed by atoms with van der Waals surface area (Å²) in [5.74, 6) is -0.686. The zero-order chi connectivity index (χ0) is 25.8. The number of hydrogen-bond donors (Lipinski definition) is 4. The number of cyclic esters (lactones) is 1. The van der Waals surface area contributed by atoms with Crippen molar-refractivity contribution in [2.45, 2.75) is 82.9 Å². The summed E-state index contributed by atoms with van der Waals surface area (Å²) in [6.45, 7) is 5.47. The van der Waals surface area contributed by atoms with E-state index in [1.807, 2.05) is 6.92 Å². The van der Waals surface area contributed by atoms with Crippen LogP contribution in [0.1, 0.15) is 52.9 Å². The SMILES string of the molecule is CC1=C(CO)C(=O)O[C@@H]([C@@H](C)[C@H]2CC[C@H]3[C@@H]4C[C@H]5O[C@]56[C@@H](O)C=CC(=O)[C@]6(CO)[C@H]4[C@@H](O)C[C@]23C)C1. The molecule has 0 amide bonds. The molecule has 8 nitrogen and oxygen atoms in total. The molecule has 8 heteroatoms. The molecular formula is C28H38O8. The average Bonchev–Trinajstić information content (AvgIpc) is 3.47. The minimum absolute atomic E-state index is 0.0112. The zero-order valence-electron chi connectivity index (χ0n) is 21.2. The zero-order valence-corrected chi connectivity index (χ0v) is 21.2. The van der Waals surface area contributed by atoms with Crippen LogP contribution in [0, 0.1) is 40.4 Å². The molecule has 36 heavy (non-hydrogen) atoms. The highest BCUT2D eigenvalue weighted by atomic mass is 16.6. The third kappa shape index (κ3) is 2.83. The molecule has 6 aliphatic rings. The lowest BCUT2D eigenvalue weighted by Crippen LogP contribution is -2.69. The van der Waals surface area contributed by atoms with Crippen LogP contribution in [0.5, 0.6) is 0 Å². The van der Waals surface area contributed by atoms with E-state index in [9.17, 15) is 30.0 Å². The van der Waals surface area contributed by atoms with Crippen LogP contribution in [-0.4, -0.2) is 75.4 Å². The van der Waals surface area contributed by atoms with Gasteiger partial charge in [-0.3, -0.25) is 4.79 Å². The van der Waals surface area contributed by atoms with Crippen LogP contribution in [0.25, 0.3) is 0 Å². The molecule has 6 rings (SSSR count). The number of aliphatic hydroxyl groups is 4. The molecule has 4 aliphatic carbocycles. The maximum Gasteiger partial charge on any atom is 0.336 e. The van der Waals surface area contributed by atoms with Crippen molar-refractivity contribution in [2.24, 2.45) is 40.4 Å². The van der Waals surface area contributed by atoms with Gasteiger partial charge in [-0.25, -0.2) is 4.79 Å². The van der Waals surface area contributed by atoms with Gasteiger partial charge in [0, 0.05) is 12.3 Å². The Balaban J connectivity index is 1.32. The van der Waals surface area contributed by atoms with E-state index in [-0.39, 0.29) is 53.7 Å². The number of rotatable bonds is 4. The van der Waals surface area contributed by atoms with Gasteiger partial charge in [0.25, 0.3) is 0 Å². The Labute approximate surface area is 211 Å². The molecule has 0 unspecified atom stereocenters. The molecule has 0 radical (unpaired) electrons. The summed E-state index contributed by atoms with van der Waals surface area (Å²) in [6, 6.07) is 0. The maximum absolute atomic E-state index is 13.4. The van der Waals surface area contributed by atoms with E-state index in [0.717, 1.165) is 18.4 Å². The Kier molecular flexibility index (Phi) is 5.47. The van der Waals surface area contributed by atoms with E-state index in [1.165, 1.54) is 12.2 Å². The van der Waals surface area contributed by atoms with Crippen LogP contribution in [-0.2, 0) is 19.1 Å².